The van der Waals surface area contributed by atoms with E-state index in [0.29, 0.717) is 5.56 Å². The summed E-state index contributed by atoms with van der Waals surface area (Å²) in [6, 6.07) is 7.58. The van der Waals surface area contributed by atoms with Crippen LogP contribution >= 0.6 is 0 Å². The molecule has 0 aliphatic rings. The first-order valence-corrected chi connectivity index (χ1v) is 4.45. The molecule has 2 aromatic rings. The predicted octanol–water partition coefficient (Wildman–Crippen LogP) is 1.65. The van der Waals surface area contributed by atoms with Crippen molar-refractivity contribution in [3.63, 3.8) is 0 Å². The highest BCUT2D eigenvalue weighted by Crippen LogP contribution is 2.21. The van der Waals surface area contributed by atoms with Crippen LogP contribution in [0.3, 0.4) is 0 Å². The van der Waals surface area contributed by atoms with Crippen molar-refractivity contribution in [2.75, 3.05) is 6.61 Å². The summed E-state index contributed by atoms with van der Waals surface area (Å²) in [4.78, 5) is 14.5. The van der Waals surface area contributed by atoms with Crippen LogP contribution in [0.1, 0.15) is 16.1 Å². The van der Waals surface area contributed by atoms with Gasteiger partial charge in [0.2, 0.25) is 0 Å². The van der Waals surface area contributed by atoms with Crippen LogP contribution in [-0.2, 0) is 0 Å². The second kappa shape index (κ2) is 3.27. The van der Waals surface area contributed by atoms with Gasteiger partial charge in [-0.1, -0.05) is 18.2 Å². The third kappa shape index (κ3) is 1.22. The maximum atomic E-state index is 11.4. The maximum absolute atomic E-state index is 11.4. The van der Waals surface area contributed by atoms with E-state index in [4.69, 9.17) is 5.11 Å². The lowest BCUT2D eigenvalue weighted by atomic mass is 10.1. The topological polar surface area (TPSA) is 53.1 Å². The Hall–Kier alpha value is -1.61. The molecule has 0 fully saturated rings. The molecular formula is C11H11NO2. The molecular weight excluding hydrogens is 178 g/mol. The molecule has 0 aliphatic heterocycles. The average molecular weight is 189 g/mol. The molecule has 0 atom stereocenters. The number of H-pyrrole nitrogens is 1. The summed E-state index contributed by atoms with van der Waals surface area (Å²) in [7, 11) is 0. The minimum Gasteiger partial charge on any atom is -0.388 e. The van der Waals surface area contributed by atoms with Crippen molar-refractivity contribution in [2.24, 2.45) is 0 Å². The molecule has 3 nitrogen and oxygen atoms in total. The van der Waals surface area contributed by atoms with Gasteiger partial charge >= 0.3 is 0 Å². The van der Waals surface area contributed by atoms with E-state index in [0.717, 1.165) is 16.6 Å². The van der Waals surface area contributed by atoms with E-state index in [1.807, 2.05) is 31.2 Å². The number of nitrogens with one attached hydrogen (secondary N) is 1. The van der Waals surface area contributed by atoms with Crippen molar-refractivity contribution in [1.29, 1.82) is 0 Å². The summed E-state index contributed by atoms with van der Waals surface area (Å²) < 4.78 is 0. The zero-order chi connectivity index (χ0) is 10.1. The van der Waals surface area contributed by atoms with Gasteiger partial charge in [-0.05, 0) is 13.0 Å². The number of aromatic amines is 1. The van der Waals surface area contributed by atoms with Crippen molar-refractivity contribution in [2.45, 2.75) is 6.92 Å². The second-order valence-corrected chi connectivity index (χ2v) is 3.25. The van der Waals surface area contributed by atoms with Crippen LogP contribution in [0, 0.1) is 6.92 Å². The minimum absolute atomic E-state index is 0.236. The molecule has 0 saturated carbocycles. The van der Waals surface area contributed by atoms with Crippen molar-refractivity contribution in [3.8, 4) is 0 Å². The number of fused-ring (bicyclic) bond motifs is 1. The number of hydrogen-bond donors (Lipinski definition) is 2. The van der Waals surface area contributed by atoms with Gasteiger partial charge in [-0.2, -0.15) is 0 Å². The SMILES string of the molecule is Cc1[nH]c2ccccc2c1C(=O)CO. The molecule has 0 aliphatic carbocycles. The van der Waals surface area contributed by atoms with Crippen LogP contribution in [0.15, 0.2) is 24.3 Å². The summed E-state index contributed by atoms with van der Waals surface area (Å²) in [5.74, 6) is -0.236. The van der Waals surface area contributed by atoms with Crippen molar-refractivity contribution in [3.05, 3.63) is 35.5 Å². The molecule has 1 aromatic heterocycles. The Labute approximate surface area is 81.4 Å². The number of Topliss-reactive ketones (excluding diaryl/α,β-unsaturated/α-hetero) is 1. The standard InChI is InChI=1S/C11H11NO2/c1-7-11(10(14)6-13)8-4-2-3-5-9(8)12-7/h2-5,12-13H,6H2,1H3. The number of aryl methyl sites for hydroxylation is 1. The molecule has 0 unspecified atom stereocenters. The number of para-hydroxylation sites is 1. The van der Waals surface area contributed by atoms with Crippen LogP contribution in [0.4, 0.5) is 0 Å². The number of ketones is 1. The number of rotatable bonds is 2. The van der Waals surface area contributed by atoms with E-state index in [9.17, 15) is 4.79 Å². The number of carbonyl (C=O) groups excluding carboxylic acids is 1. The Kier molecular flexibility index (Phi) is 2.09. The van der Waals surface area contributed by atoms with Gasteiger partial charge in [0.25, 0.3) is 0 Å². The predicted molar refractivity (Wildman–Crippen MR) is 54.5 cm³/mol. The molecule has 2 N–H and O–H groups in total. The minimum atomic E-state index is -0.442. The quantitative estimate of drug-likeness (QED) is 0.706. The van der Waals surface area contributed by atoms with Crippen LogP contribution < -0.4 is 0 Å². The second-order valence-electron chi connectivity index (χ2n) is 3.25. The van der Waals surface area contributed by atoms with E-state index < -0.39 is 6.61 Å². The van der Waals surface area contributed by atoms with E-state index in [-0.39, 0.29) is 5.78 Å². The lowest BCUT2D eigenvalue weighted by Crippen LogP contribution is -2.04. The Morgan fingerprint density at radius 2 is 2.14 bits per heavy atom. The smallest absolute Gasteiger partial charge is 0.190 e. The Balaban J connectivity index is 2.74. The van der Waals surface area contributed by atoms with Gasteiger partial charge in [-0.15, -0.1) is 0 Å². The number of aliphatic hydroxyl groups excluding tert-OH is 1. The number of hydrogen-bond acceptors (Lipinski definition) is 2. The molecule has 3 heteroatoms. The largest absolute Gasteiger partial charge is 0.388 e. The molecule has 14 heavy (non-hydrogen) atoms. The molecule has 1 aromatic carbocycles. The molecule has 0 spiro atoms. The monoisotopic (exact) mass is 189 g/mol. The maximum Gasteiger partial charge on any atom is 0.190 e. The number of aromatic nitrogens is 1. The van der Waals surface area contributed by atoms with E-state index >= 15 is 0 Å². The van der Waals surface area contributed by atoms with Crippen LogP contribution in [0.25, 0.3) is 10.9 Å². The number of carbonyl (C=O) groups is 1. The highest BCUT2D eigenvalue weighted by atomic mass is 16.3. The van der Waals surface area contributed by atoms with E-state index in [2.05, 4.69) is 4.98 Å². The molecule has 0 radical (unpaired) electrons. The Morgan fingerprint density at radius 1 is 1.43 bits per heavy atom. The number of benzene rings is 1. The molecule has 72 valence electrons. The normalized spacial score (nSPS) is 10.7. The third-order valence-corrected chi connectivity index (χ3v) is 2.32. The summed E-state index contributed by atoms with van der Waals surface area (Å²) in [6.45, 7) is 1.39. The highest BCUT2D eigenvalue weighted by molar-refractivity contribution is 6.09. The van der Waals surface area contributed by atoms with Gasteiger partial charge in [0.1, 0.15) is 6.61 Å². The molecule has 0 amide bonds. The first-order chi connectivity index (χ1) is 6.74. The fraction of sp³-hybridized carbons (Fsp3) is 0.182. The van der Waals surface area contributed by atoms with E-state index in [1.165, 1.54) is 0 Å². The molecule has 1 heterocycles. The van der Waals surface area contributed by atoms with Gasteiger partial charge in [0.05, 0.1) is 0 Å². The third-order valence-electron chi connectivity index (χ3n) is 2.32. The van der Waals surface area contributed by atoms with Crippen molar-refractivity contribution < 1.29 is 9.90 Å². The van der Waals surface area contributed by atoms with Gasteiger partial charge < -0.3 is 10.1 Å². The van der Waals surface area contributed by atoms with Gasteiger partial charge in [0, 0.05) is 22.2 Å². The zero-order valence-electron chi connectivity index (χ0n) is 7.87. The first kappa shape index (κ1) is 8.97. The Morgan fingerprint density at radius 3 is 2.86 bits per heavy atom. The fourth-order valence-electron chi connectivity index (χ4n) is 1.72. The summed E-state index contributed by atoms with van der Waals surface area (Å²) >= 11 is 0. The van der Waals surface area contributed by atoms with Gasteiger partial charge in [0.15, 0.2) is 5.78 Å². The lowest BCUT2D eigenvalue weighted by Gasteiger charge is -1.95. The van der Waals surface area contributed by atoms with E-state index in [1.54, 1.807) is 0 Å². The lowest BCUT2D eigenvalue weighted by molar-refractivity contribution is 0.0905. The summed E-state index contributed by atoms with van der Waals surface area (Å²) in [5.41, 5.74) is 2.34. The summed E-state index contributed by atoms with van der Waals surface area (Å²) in [5, 5.41) is 9.71. The molecule has 0 saturated heterocycles. The number of aliphatic hydroxyl groups is 1. The van der Waals surface area contributed by atoms with Gasteiger partial charge in [-0.3, -0.25) is 4.79 Å². The van der Waals surface area contributed by atoms with Crippen molar-refractivity contribution >= 4 is 16.7 Å². The van der Waals surface area contributed by atoms with Gasteiger partial charge in [-0.25, -0.2) is 0 Å². The highest BCUT2D eigenvalue weighted by Gasteiger charge is 2.13. The fourth-order valence-corrected chi connectivity index (χ4v) is 1.72. The first-order valence-electron chi connectivity index (χ1n) is 4.45. The van der Waals surface area contributed by atoms with Crippen LogP contribution in [0.5, 0.6) is 0 Å². The summed E-state index contributed by atoms with van der Waals surface area (Å²) in [6.07, 6.45) is 0. The molecule has 2 rings (SSSR count). The average Bonchev–Trinajstić information content (AvgIpc) is 2.53. The zero-order valence-corrected chi connectivity index (χ0v) is 7.87. The van der Waals surface area contributed by atoms with Crippen LogP contribution in [0.2, 0.25) is 0 Å². The van der Waals surface area contributed by atoms with Crippen molar-refractivity contribution in [1.82, 2.24) is 4.98 Å². The van der Waals surface area contributed by atoms with Crippen LogP contribution in [-0.4, -0.2) is 22.5 Å². The Bertz CT molecular complexity index is 485. The molecule has 0 bridgehead atoms.